The summed E-state index contributed by atoms with van der Waals surface area (Å²) in [6.45, 7) is 2.54. The fraction of sp³-hybridized carbons (Fsp3) is 0.471. The second-order valence-corrected chi connectivity index (χ2v) is 5.91. The third kappa shape index (κ3) is 3.57. The van der Waals surface area contributed by atoms with Crippen LogP contribution >= 0.6 is 0 Å². The number of hydrogen-bond donors (Lipinski definition) is 1. The second kappa shape index (κ2) is 6.20. The fourth-order valence-corrected chi connectivity index (χ4v) is 2.84. The predicted molar refractivity (Wildman–Crippen MR) is 81.2 cm³/mol. The Morgan fingerprint density at radius 3 is 2.76 bits per heavy atom. The van der Waals surface area contributed by atoms with Gasteiger partial charge in [0.2, 0.25) is 12.7 Å². The van der Waals surface area contributed by atoms with Crippen molar-refractivity contribution in [3.05, 3.63) is 29.8 Å². The minimum Gasteiger partial charge on any atom is -0.454 e. The Labute approximate surface area is 125 Å². The van der Waals surface area contributed by atoms with Crippen molar-refractivity contribution in [3.63, 3.8) is 0 Å². The zero-order valence-electron chi connectivity index (χ0n) is 12.3. The van der Waals surface area contributed by atoms with Crippen molar-refractivity contribution in [1.29, 1.82) is 0 Å². The number of carbonyl (C=O) groups excluding carboxylic acids is 1. The molecule has 0 atom stereocenters. The number of ether oxygens (including phenoxy) is 2. The van der Waals surface area contributed by atoms with Gasteiger partial charge in [0, 0.05) is 12.1 Å². The molecule has 112 valence electrons. The molecule has 1 fully saturated rings. The summed E-state index contributed by atoms with van der Waals surface area (Å²) in [4.78, 5) is 11.9. The van der Waals surface area contributed by atoms with Crippen LogP contribution in [0.1, 0.15) is 38.2 Å². The highest BCUT2D eigenvalue weighted by molar-refractivity contribution is 5.92. The summed E-state index contributed by atoms with van der Waals surface area (Å²) in [5, 5.41) is 3.08. The van der Waals surface area contributed by atoms with Gasteiger partial charge in [0.05, 0.1) is 0 Å². The van der Waals surface area contributed by atoms with Gasteiger partial charge in [-0.2, -0.15) is 0 Å². The maximum absolute atomic E-state index is 11.9. The molecule has 1 aliphatic heterocycles. The van der Waals surface area contributed by atoms with Crippen LogP contribution in [0.3, 0.4) is 0 Å². The smallest absolute Gasteiger partial charge is 0.244 e. The second-order valence-electron chi connectivity index (χ2n) is 5.91. The summed E-state index contributed by atoms with van der Waals surface area (Å²) in [7, 11) is 0. The lowest BCUT2D eigenvalue weighted by atomic mass is 9.87. The Balaban J connectivity index is 1.54. The van der Waals surface area contributed by atoms with E-state index in [0.717, 1.165) is 35.8 Å². The van der Waals surface area contributed by atoms with Crippen LogP contribution in [-0.4, -0.2) is 18.7 Å². The summed E-state index contributed by atoms with van der Waals surface area (Å²) in [6, 6.07) is 5.99. The highest BCUT2D eigenvalue weighted by Gasteiger charge is 2.18. The number of carbonyl (C=O) groups is 1. The van der Waals surface area contributed by atoms with Crippen LogP contribution in [0.15, 0.2) is 24.3 Å². The summed E-state index contributed by atoms with van der Waals surface area (Å²) in [5.74, 6) is 2.27. The van der Waals surface area contributed by atoms with Gasteiger partial charge in [-0.25, -0.2) is 0 Å². The molecule has 4 heteroatoms. The zero-order chi connectivity index (χ0) is 14.7. The van der Waals surface area contributed by atoms with E-state index >= 15 is 0 Å². The van der Waals surface area contributed by atoms with Gasteiger partial charge in [-0.05, 0) is 55.4 Å². The van der Waals surface area contributed by atoms with Crippen molar-refractivity contribution in [2.45, 2.75) is 38.6 Å². The van der Waals surface area contributed by atoms with Crippen LogP contribution in [0.2, 0.25) is 0 Å². The number of nitrogens with one attached hydrogen (secondary N) is 1. The van der Waals surface area contributed by atoms with Gasteiger partial charge in [-0.15, -0.1) is 0 Å². The van der Waals surface area contributed by atoms with Gasteiger partial charge in [-0.1, -0.05) is 13.0 Å². The molecule has 4 nitrogen and oxygen atoms in total. The molecule has 1 N–H and O–H groups in total. The van der Waals surface area contributed by atoms with Crippen molar-refractivity contribution < 1.29 is 14.3 Å². The number of amides is 1. The first-order chi connectivity index (χ1) is 10.2. The van der Waals surface area contributed by atoms with E-state index in [1.165, 1.54) is 12.8 Å². The topological polar surface area (TPSA) is 47.6 Å². The van der Waals surface area contributed by atoms with Crippen molar-refractivity contribution in [1.82, 2.24) is 5.32 Å². The Hall–Kier alpha value is -1.97. The standard InChI is InChI=1S/C17H21NO3/c1-12-2-6-14(7-3-12)18-17(19)9-5-13-4-8-15-16(10-13)21-11-20-15/h4-5,8-10,12,14H,2-3,6-7,11H2,1H3,(H,18,19)/b9-5+. The Bertz CT molecular complexity index is 545. The highest BCUT2D eigenvalue weighted by atomic mass is 16.7. The summed E-state index contributed by atoms with van der Waals surface area (Å²) < 4.78 is 10.6. The molecule has 1 aliphatic carbocycles. The Morgan fingerprint density at radius 1 is 1.19 bits per heavy atom. The largest absolute Gasteiger partial charge is 0.454 e. The van der Waals surface area contributed by atoms with E-state index < -0.39 is 0 Å². The molecule has 1 amide bonds. The molecule has 0 radical (unpaired) electrons. The van der Waals surface area contributed by atoms with Gasteiger partial charge in [0.15, 0.2) is 11.5 Å². The van der Waals surface area contributed by atoms with E-state index in [9.17, 15) is 4.79 Å². The number of fused-ring (bicyclic) bond motifs is 1. The quantitative estimate of drug-likeness (QED) is 0.869. The van der Waals surface area contributed by atoms with E-state index in [-0.39, 0.29) is 12.7 Å². The number of rotatable bonds is 3. The van der Waals surface area contributed by atoms with E-state index in [1.54, 1.807) is 6.08 Å². The average molecular weight is 287 g/mol. The summed E-state index contributed by atoms with van der Waals surface area (Å²) >= 11 is 0. The number of hydrogen-bond acceptors (Lipinski definition) is 3. The van der Waals surface area contributed by atoms with Crippen LogP contribution in [0.25, 0.3) is 6.08 Å². The van der Waals surface area contributed by atoms with Gasteiger partial charge in [0.25, 0.3) is 0 Å². The van der Waals surface area contributed by atoms with Gasteiger partial charge >= 0.3 is 0 Å². The van der Waals surface area contributed by atoms with Crippen LogP contribution in [0.4, 0.5) is 0 Å². The predicted octanol–water partition coefficient (Wildman–Crippen LogP) is 3.12. The van der Waals surface area contributed by atoms with Gasteiger partial charge in [0.1, 0.15) is 0 Å². The SMILES string of the molecule is CC1CCC(NC(=O)/C=C/c2ccc3c(c2)OCO3)CC1. The molecule has 3 rings (SSSR count). The molecule has 0 saturated heterocycles. The molecule has 1 aromatic rings. The molecule has 1 heterocycles. The van der Waals surface area contributed by atoms with E-state index in [1.807, 2.05) is 24.3 Å². The number of benzene rings is 1. The summed E-state index contributed by atoms with van der Waals surface area (Å²) in [6.07, 6.45) is 7.99. The molecular formula is C17H21NO3. The first-order valence-corrected chi connectivity index (χ1v) is 7.59. The molecule has 0 spiro atoms. The van der Waals surface area contributed by atoms with Gasteiger partial charge < -0.3 is 14.8 Å². The van der Waals surface area contributed by atoms with Crippen molar-refractivity contribution in [3.8, 4) is 11.5 Å². The molecular weight excluding hydrogens is 266 g/mol. The third-order valence-electron chi connectivity index (χ3n) is 4.19. The molecule has 2 aliphatic rings. The lowest BCUT2D eigenvalue weighted by molar-refractivity contribution is -0.117. The van der Waals surface area contributed by atoms with E-state index in [2.05, 4.69) is 12.2 Å². The zero-order valence-corrected chi connectivity index (χ0v) is 12.3. The van der Waals surface area contributed by atoms with Crippen LogP contribution in [0, 0.1) is 5.92 Å². The molecule has 1 aromatic carbocycles. The minimum absolute atomic E-state index is 0.0211. The highest BCUT2D eigenvalue weighted by Crippen LogP contribution is 2.32. The van der Waals surface area contributed by atoms with Gasteiger partial charge in [-0.3, -0.25) is 4.79 Å². The van der Waals surface area contributed by atoms with Crippen molar-refractivity contribution in [2.24, 2.45) is 5.92 Å². The average Bonchev–Trinajstić information content (AvgIpc) is 2.95. The molecule has 0 bridgehead atoms. The lowest BCUT2D eigenvalue weighted by Crippen LogP contribution is -2.36. The fourth-order valence-electron chi connectivity index (χ4n) is 2.84. The van der Waals surface area contributed by atoms with Crippen LogP contribution in [0.5, 0.6) is 11.5 Å². The van der Waals surface area contributed by atoms with E-state index in [0.29, 0.717) is 6.04 Å². The van der Waals surface area contributed by atoms with Crippen LogP contribution in [-0.2, 0) is 4.79 Å². The maximum Gasteiger partial charge on any atom is 0.244 e. The molecule has 0 aromatic heterocycles. The van der Waals surface area contributed by atoms with E-state index in [4.69, 9.17) is 9.47 Å². The normalized spacial score (nSPS) is 24.2. The molecule has 0 unspecified atom stereocenters. The minimum atomic E-state index is -0.0211. The Kier molecular flexibility index (Phi) is 4.13. The first-order valence-electron chi connectivity index (χ1n) is 7.59. The third-order valence-corrected chi connectivity index (χ3v) is 4.19. The summed E-state index contributed by atoms with van der Waals surface area (Å²) in [5.41, 5.74) is 0.937. The first kappa shape index (κ1) is 14.0. The molecule has 1 saturated carbocycles. The van der Waals surface area contributed by atoms with Crippen molar-refractivity contribution >= 4 is 12.0 Å². The maximum atomic E-state index is 11.9. The van der Waals surface area contributed by atoms with Crippen molar-refractivity contribution in [2.75, 3.05) is 6.79 Å². The van der Waals surface area contributed by atoms with Crippen LogP contribution < -0.4 is 14.8 Å². The lowest BCUT2D eigenvalue weighted by Gasteiger charge is -2.26. The monoisotopic (exact) mass is 287 g/mol. The molecule has 21 heavy (non-hydrogen) atoms. The Morgan fingerprint density at radius 2 is 1.95 bits per heavy atom.